The molecule has 14 heteroatoms. The molecule has 0 aromatic rings. The lowest BCUT2D eigenvalue weighted by molar-refractivity contribution is -0.359. The van der Waals surface area contributed by atoms with Gasteiger partial charge >= 0.3 is 0 Å². The van der Waals surface area contributed by atoms with Crippen LogP contribution in [0.4, 0.5) is 0 Å². The molecule has 4 unspecified atom stereocenters. The van der Waals surface area contributed by atoms with Gasteiger partial charge < -0.3 is 65.1 Å². The summed E-state index contributed by atoms with van der Waals surface area (Å²) in [5, 5.41) is 87.0. The molecule has 2 heterocycles. The Labute approximate surface area is 456 Å². The summed E-state index contributed by atoms with van der Waals surface area (Å²) >= 11 is 0. The van der Waals surface area contributed by atoms with Crippen molar-refractivity contribution in [2.45, 2.75) is 351 Å². The lowest BCUT2D eigenvalue weighted by Gasteiger charge is -2.46. The van der Waals surface area contributed by atoms with E-state index in [0.717, 1.165) is 38.5 Å². The van der Waals surface area contributed by atoms with Crippen LogP contribution in [0.1, 0.15) is 277 Å². The Morgan fingerprint density at radius 3 is 1.23 bits per heavy atom. The quantitative estimate of drug-likeness (QED) is 0.0204. The van der Waals surface area contributed by atoms with Crippen LogP contribution >= 0.6 is 0 Å². The van der Waals surface area contributed by atoms with E-state index in [1.807, 2.05) is 6.08 Å². The molecule has 75 heavy (non-hydrogen) atoms. The lowest BCUT2D eigenvalue weighted by Crippen LogP contribution is -2.65. The molecule has 0 saturated carbocycles. The normalized spacial score (nSPS) is 25.0. The number of rotatable bonds is 51. The first kappa shape index (κ1) is 69.8. The van der Waals surface area contributed by atoms with Gasteiger partial charge in [0.15, 0.2) is 12.6 Å². The molecule has 2 fully saturated rings. The molecular formula is C61H117NO13. The summed E-state index contributed by atoms with van der Waals surface area (Å²) in [6.45, 7) is 2.82. The number of aliphatic hydroxyl groups is 8. The Balaban J connectivity index is 1.67. The third kappa shape index (κ3) is 33.2. The number of aliphatic hydroxyl groups excluding tert-OH is 8. The zero-order valence-electron chi connectivity index (χ0n) is 47.8. The molecule has 444 valence electrons. The van der Waals surface area contributed by atoms with Gasteiger partial charge in [-0.05, 0) is 19.3 Å². The summed E-state index contributed by atoms with van der Waals surface area (Å²) in [6, 6.07) is -0.909. The third-order valence-corrected chi connectivity index (χ3v) is 15.7. The molecule has 0 spiro atoms. The SMILES string of the molecule is CCCCCCCCCCCCC/C=C/[C@@H](O)[C@H](CO[C@@H]1O[C@H](CO)[C@@H](O[C@@H]2O[C@H](CO)[C@H](O)C(O)C2O)C(O)C1O)NC(=O)CCCCCCCCCCCCCCCCCCCCCCCCCCCCCC. The van der Waals surface area contributed by atoms with Crippen LogP contribution in [0.2, 0.25) is 0 Å². The highest BCUT2D eigenvalue weighted by atomic mass is 16.7. The zero-order chi connectivity index (χ0) is 54.6. The Morgan fingerprint density at radius 2 is 0.827 bits per heavy atom. The van der Waals surface area contributed by atoms with E-state index < -0.39 is 86.8 Å². The molecule has 0 aromatic carbocycles. The van der Waals surface area contributed by atoms with Crippen molar-refractivity contribution in [1.29, 1.82) is 0 Å². The lowest BCUT2D eigenvalue weighted by atomic mass is 9.97. The minimum atomic E-state index is -1.79. The molecule has 12 atom stereocenters. The number of ether oxygens (including phenoxy) is 4. The standard InChI is InChI=1S/C61H117NO13/c1-3-5-7-9-11-13-15-17-18-19-20-21-22-23-24-25-26-27-28-29-30-31-33-35-37-39-41-43-45-53(66)62-49(50(65)44-42-40-38-36-34-32-16-14-12-10-8-6-4-2)48-72-60-58(71)56(69)59(52(47-64)74-60)75-61-57(70)55(68)54(67)51(46-63)73-61/h42,44,49-52,54-61,63-65,67-71H,3-41,43,45-48H2,1-2H3,(H,62,66)/b44-42+/t49-,50+,51+,52+,54-,55?,56?,57?,58?,59+,60+,61-/m0/s1. The second kappa shape index (κ2) is 47.5. The fourth-order valence-electron chi connectivity index (χ4n) is 10.6. The molecule has 2 rings (SSSR count). The minimum Gasteiger partial charge on any atom is -0.394 e. The van der Waals surface area contributed by atoms with E-state index in [0.29, 0.717) is 6.42 Å². The smallest absolute Gasteiger partial charge is 0.220 e. The summed E-state index contributed by atoms with van der Waals surface area (Å²) in [5.41, 5.74) is 0. The number of carbonyl (C=O) groups excluding carboxylic acids is 1. The molecule has 0 radical (unpaired) electrons. The fourth-order valence-corrected chi connectivity index (χ4v) is 10.6. The monoisotopic (exact) mass is 1070 g/mol. The van der Waals surface area contributed by atoms with E-state index in [9.17, 15) is 45.6 Å². The van der Waals surface area contributed by atoms with Gasteiger partial charge in [-0.3, -0.25) is 4.79 Å². The predicted octanol–water partition coefficient (Wildman–Crippen LogP) is 11.1. The first-order valence-corrected chi connectivity index (χ1v) is 31.4. The van der Waals surface area contributed by atoms with Crippen molar-refractivity contribution < 1.29 is 64.6 Å². The number of hydrogen-bond acceptors (Lipinski definition) is 13. The zero-order valence-corrected chi connectivity index (χ0v) is 47.8. The molecule has 1 amide bonds. The Bertz CT molecular complexity index is 1310. The van der Waals surface area contributed by atoms with Crippen LogP contribution in [0.15, 0.2) is 12.2 Å². The van der Waals surface area contributed by atoms with Crippen molar-refractivity contribution >= 4 is 5.91 Å². The van der Waals surface area contributed by atoms with Crippen molar-refractivity contribution in [3.8, 4) is 0 Å². The maximum absolute atomic E-state index is 13.3. The van der Waals surface area contributed by atoms with Crippen molar-refractivity contribution in [3.05, 3.63) is 12.2 Å². The number of allylic oxidation sites excluding steroid dienone is 1. The van der Waals surface area contributed by atoms with E-state index in [1.165, 1.54) is 212 Å². The largest absolute Gasteiger partial charge is 0.394 e. The summed E-state index contributed by atoms with van der Waals surface area (Å²) in [6.07, 6.45) is 38.4. The van der Waals surface area contributed by atoms with Gasteiger partial charge in [-0.2, -0.15) is 0 Å². The minimum absolute atomic E-state index is 0.234. The maximum Gasteiger partial charge on any atom is 0.220 e. The number of amides is 1. The molecule has 2 aliphatic rings. The van der Waals surface area contributed by atoms with E-state index in [-0.39, 0.29) is 18.9 Å². The molecule has 2 saturated heterocycles. The van der Waals surface area contributed by atoms with Crippen LogP contribution in [0.25, 0.3) is 0 Å². The molecule has 0 aliphatic carbocycles. The second-order valence-corrected chi connectivity index (χ2v) is 22.6. The Hall–Kier alpha value is -1.27. The summed E-state index contributed by atoms with van der Waals surface area (Å²) in [7, 11) is 0. The highest BCUT2D eigenvalue weighted by Crippen LogP contribution is 2.30. The molecular weight excluding hydrogens is 955 g/mol. The number of hydrogen-bond donors (Lipinski definition) is 9. The van der Waals surface area contributed by atoms with Crippen LogP contribution in [0.5, 0.6) is 0 Å². The number of carbonyl (C=O) groups is 1. The van der Waals surface area contributed by atoms with Gasteiger partial charge in [-0.1, -0.05) is 264 Å². The average molecular weight is 1070 g/mol. The molecule has 14 nitrogen and oxygen atoms in total. The highest BCUT2D eigenvalue weighted by molar-refractivity contribution is 5.76. The van der Waals surface area contributed by atoms with Crippen molar-refractivity contribution in [1.82, 2.24) is 5.32 Å². The summed E-state index contributed by atoms with van der Waals surface area (Å²) in [5.74, 6) is -0.234. The topological polar surface area (TPSA) is 228 Å². The van der Waals surface area contributed by atoms with E-state index in [2.05, 4.69) is 19.2 Å². The summed E-state index contributed by atoms with van der Waals surface area (Å²) in [4.78, 5) is 13.3. The van der Waals surface area contributed by atoms with Gasteiger partial charge in [0.25, 0.3) is 0 Å². The maximum atomic E-state index is 13.3. The van der Waals surface area contributed by atoms with Gasteiger partial charge in [0.2, 0.25) is 5.91 Å². The Kier molecular flexibility index (Phi) is 44.3. The molecule has 9 N–H and O–H groups in total. The van der Waals surface area contributed by atoms with Crippen LogP contribution in [-0.4, -0.2) is 140 Å². The van der Waals surface area contributed by atoms with Crippen LogP contribution < -0.4 is 5.32 Å². The van der Waals surface area contributed by atoms with Crippen LogP contribution in [0.3, 0.4) is 0 Å². The van der Waals surface area contributed by atoms with Crippen molar-refractivity contribution in [2.24, 2.45) is 0 Å². The van der Waals surface area contributed by atoms with Gasteiger partial charge in [-0.25, -0.2) is 0 Å². The van der Waals surface area contributed by atoms with Crippen molar-refractivity contribution in [2.75, 3.05) is 19.8 Å². The summed E-state index contributed by atoms with van der Waals surface area (Å²) < 4.78 is 22.8. The average Bonchev–Trinajstić information content (AvgIpc) is 3.41. The van der Waals surface area contributed by atoms with E-state index in [1.54, 1.807) is 6.08 Å². The molecule has 2 aliphatic heterocycles. The van der Waals surface area contributed by atoms with Crippen LogP contribution in [0, 0.1) is 0 Å². The first-order chi connectivity index (χ1) is 36.6. The third-order valence-electron chi connectivity index (χ3n) is 15.7. The van der Waals surface area contributed by atoms with Gasteiger partial charge in [0.05, 0.1) is 32.0 Å². The van der Waals surface area contributed by atoms with Gasteiger partial charge in [-0.15, -0.1) is 0 Å². The molecule has 0 bridgehead atoms. The fraction of sp³-hybridized carbons (Fsp3) is 0.951. The number of unbranched alkanes of at least 4 members (excludes halogenated alkanes) is 38. The predicted molar refractivity (Wildman–Crippen MR) is 300 cm³/mol. The Morgan fingerprint density at radius 1 is 0.467 bits per heavy atom. The van der Waals surface area contributed by atoms with E-state index >= 15 is 0 Å². The highest BCUT2D eigenvalue weighted by Gasteiger charge is 2.51. The van der Waals surface area contributed by atoms with Crippen molar-refractivity contribution in [3.63, 3.8) is 0 Å². The van der Waals surface area contributed by atoms with Crippen LogP contribution in [-0.2, 0) is 23.7 Å². The second-order valence-electron chi connectivity index (χ2n) is 22.6. The van der Waals surface area contributed by atoms with Gasteiger partial charge in [0, 0.05) is 6.42 Å². The first-order valence-electron chi connectivity index (χ1n) is 31.4. The molecule has 0 aromatic heterocycles. The van der Waals surface area contributed by atoms with E-state index in [4.69, 9.17) is 18.9 Å². The van der Waals surface area contributed by atoms with Gasteiger partial charge in [0.1, 0.15) is 48.8 Å². The number of nitrogens with one attached hydrogen (secondary N) is 1.